The Hall–Kier alpha value is -3.13. The van der Waals surface area contributed by atoms with Crippen LogP contribution in [0.2, 0.25) is 0 Å². The van der Waals surface area contributed by atoms with E-state index >= 15 is 0 Å². The fourth-order valence-corrected chi connectivity index (χ4v) is 3.42. The molecular weight excluding hydrogens is 372 g/mol. The minimum atomic E-state index is -0.463. The van der Waals surface area contributed by atoms with Gasteiger partial charge in [-0.25, -0.2) is 0 Å². The molecule has 29 heavy (non-hydrogen) atoms. The quantitative estimate of drug-likeness (QED) is 0.595. The summed E-state index contributed by atoms with van der Waals surface area (Å²) in [5, 5.41) is 14.0. The van der Waals surface area contributed by atoms with E-state index in [2.05, 4.69) is 15.1 Å². The zero-order valence-corrected chi connectivity index (χ0v) is 17.0. The van der Waals surface area contributed by atoms with Gasteiger partial charge < -0.3 is 15.0 Å². The monoisotopic (exact) mass is 398 g/mol. The van der Waals surface area contributed by atoms with Crippen molar-refractivity contribution in [2.75, 3.05) is 50.1 Å². The standard InChI is InChI=1S/C21H26N4O4/c1-15-11-19(20(25(27)28)12-16(15)2)22-21(26)14-23-7-9-24(10-8-23)17-5-4-6-18(13-17)29-3/h4-6,11-13H,7-10,14H2,1-3H3,(H,22,26). The maximum Gasteiger partial charge on any atom is 0.293 e. The van der Waals surface area contributed by atoms with Crippen molar-refractivity contribution >= 4 is 23.0 Å². The molecule has 0 aromatic heterocycles. The highest BCUT2D eigenvalue weighted by molar-refractivity contribution is 5.94. The molecule has 8 nitrogen and oxygen atoms in total. The molecule has 0 bridgehead atoms. The summed E-state index contributed by atoms with van der Waals surface area (Å²) < 4.78 is 5.28. The first-order chi connectivity index (χ1) is 13.9. The Morgan fingerprint density at radius 3 is 2.48 bits per heavy atom. The maximum atomic E-state index is 12.5. The van der Waals surface area contributed by atoms with Gasteiger partial charge in [0.2, 0.25) is 5.91 Å². The first-order valence-corrected chi connectivity index (χ1v) is 9.54. The minimum Gasteiger partial charge on any atom is -0.497 e. The molecule has 1 saturated heterocycles. The first kappa shape index (κ1) is 20.6. The Kier molecular flexibility index (Phi) is 6.33. The zero-order valence-electron chi connectivity index (χ0n) is 17.0. The van der Waals surface area contributed by atoms with E-state index in [9.17, 15) is 14.9 Å². The number of methoxy groups -OCH3 is 1. The number of hydrogen-bond donors (Lipinski definition) is 1. The minimum absolute atomic E-state index is 0.0794. The number of rotatable bonds is 6. The molecule has 1 N–H and O–H groups in total. The van der Waals surface area contributed by atoms with Crippen LogP contribution in [0.4, 0.5) is 17.1 Å². The Morgan fingerprint density at radius 2 is 1.83 bits per heavy atom. The molecule has 0 unspecified atom stereocenters. The molecule has 1 amide bonds. The lowest BCUT2D eigenvalue weighted by Crippen LogP contribution is -2.48. The molecule has 0 saturated carbocycles. The molecule has 0 aliphatic carbocycles. The SMILES string of the molecule is COc1cccc(N2CCN(CC(=O)Nc3cc(C)c(C)cc3[N+](=O)[O-])CC2)c1. The van der Waals surface area contributed by atoms with Gasteiger partial charge in [0.05, 0.1) is 18.6 Å². The van der Waals surface area contributed by atoms with E-state index in [1.54, 1.807) is 13.2 Å². The maximum absolute atomic E-state index is 12.5. The van der Waals surface area contributed by atoms with E-state index < -0.39 is 4.92 Å². The van der Waals surface area contributed by atoms with E-state index in [4.69, 9.17) is 4.74 Å². The Bertz CT molecular complexity index is 908. The fourth-order valence-electron chi connectivity index (χ4n) is 3.42. The number of nitro groups is 1. The van der Waals surface area contributed by atoms with E-state index in [1.165, 1.54) is 6.07 Å². The van der Waals surface area contributed by atoms with Gasteiger partial charge in [-0.1, -0.05) is 6.07 Å². The molecule has 0 atom stereocenters. The number of hydrogen-bond acceptors (Lipinski definition) is 6. The summed E-state index contributed by atoms with van der Waals surface area (Å²) in [5.74, 6) is 0.575. The lowest BCUT2D eigenvalue weighted by molar-refractivity contribution is -0.384. The summed E-state index contributed by atoms with van der Waals surface area (Å²) in [6.07, 6.45) is 0. The summed E-state index contributed by atoms with van der Waals surface area (Å²) in [5.41, 5.74) is 2.99. The van der Waals surface area contributed by atoms with Crippen molar-refractivity contribution in [2.45, 2.75) is 13.8 Å². The second-order valence-electron chi connectivity index (χ2n) is 7.22. The molecule has 1 aliphatic rings. The van der Waals surface area contributed by atoms with E-state index in [-0.39, 0.29) is 23.8 Å². The van der Waals surface area contributed by atoms with Crippen LogP contribution in [0.3, 0.4) is 0 Å². The number of carbonyl (C=O) groups is 1. The molecule has 3 rings (SSSR count). The fraction of sp³-hybridized carbons (Fsp3) is 0.381. The van der Waals surface area contributed by atoms with Crippen molar-refractivity contribution in [3.05, 3.63) is 57.6 Å². The van der Waals surface area contributed by atoms with Gasteiger partial charge in [0.15, 0.2) is 0 Å². The number of ether oxygens (including phenoxy) is 1. The number of nitro benzene ring substituents is 1. The van der Waals surface area contributed by atoms with Gasteiger partial charge in [-0.05, 0) is 43.2 Å². The van der Waals surface area contributed by atoms with Crippen LogP contribution in [-0.4, -0.2) is 55.6 Å². The normalized spacial score (nSPS) is 14.5. The molecule has 1 aliphatic heterocycles. The van der Waals surface area contributed by atoms with Crippen molar-refractivity contribution in [1.82, 2.24) is 4.90 Å². The van der Waals surface area contributed by atoms with Crippen molar-refractivity contribution in [2.24, 2.45) is 0 Å². The molecule has 0 radical (unpaired) electrons. The smallest absolute Gasteiger partial charge is 0.293 e. The van der Waals surface area contributed by atoms with Crippen LogP contribution in [0.1, 0.15) is 11.1 Å². The summed E-state index contributed by atoms with van der Waals surface area (Å²) in [4.78, 5) is 27.6. The van der Waals surface area contributed by atoms with Crippen molar-refractivity contribution < 1.29 is 14.5 Å². The van der Waals surface area contributed by atoms with Crippen LogP contribution in [-0.2, 0) is 4.79 Å². The predicted molar refractivity (Wildman–Crippen MR) is 113 cm³/mol. The number of piperazine rings is 1. The van der Waals surface area contributed by atoms with Gasteiger partial charge in [-0.15, -0.1) is 0 Å². The largest absolute Gasteiger partial charge is 0.497 e. The molecule has 2 aromatic carbocycles. The number of carbonyl (C=O) groups excluding carboxylic acids is 1. The van der Waals surface area contributed by atoms with Crippen molar-refractivity contribution in [1.29, 1.82) is 0 Å². The van der Waals surface area contributed by atoms with Crippen LogP contribution in [0, 0.1) is 24.0 Å². The molecule has 1 heterocycles. The van der Waals surface area contributed by atoms with Crippen LogP contribution in [0.15, 0.2) is 36.4 Å². The Balaban J connectivity index is 1.58. The highest BCUT2D eigenvalue weighted by Gasteiger charge is 2.22. The molecule has 154 valence electrons. The van der Waals surface area contributed by atoms with Crippen LogP contribution in [0.5, 0.6) is 5.75 Å². The number of nitrogens with zero attached hydrogens (tertiary/aromatic N) is 3. The van der Waals surface area contributed by atoms with Crippen LogP contribution >= 0.6 is 0 Å². The summed E-state index contributed by atoms with van der Waals surface area (Å²) in [7, 11) is 1.65. The third-order valence-corrected chi connectivity index (χ3v) is 5.24. The highest BCUT2D eigenvalue weighted by atomic mass is 16.6. The van der Waals surface area contributed by atoms with Crippen LogP contribution in [0.25, 0.3) is 0 Å². The third kappa shape index (κ3) is 5.03. The molecular formula is C21H26N4O4. The van der Waals surface area contributed by atoms with Gasteiger partial charge in [0.1, 0.15) is 11.4 Å². The number of anilines is 2. The number of nitrogens with one attached hydrogen (secondary N) is 1. The summed E-state index contributed by atoms with van der Waals surface area (Å²) in [6, 6.07) is 11.1. The summed E-state index contributed by atoms with van der Waals surface area (Å²) >= 11 is 0. The highest BCUT2D eigenvalue weighted by Crippen LogP contribution is 2.28. The number of aryl methyl sites for hydroxylation is 2. The van der Waals surface area contributed by atoms with Gasteiger partial charge in [-0.3, -0.25) is 19.8 Å². The average Bonchev–Trinajstić information content (AvgIpc) is 2.71. The Morgan fingerprint density at radius 1 is 1.14 bits per heavy atom. The van der Waals surface area contributed by atoms with Crippen LogP contribution < -0.4 is 15.0 Å². The van der Waals surface area contributed by atoms with Gasteiger partial charge in [-0.2, -0.15) is 0 Å². The van der Waals surface area contributed by atoms with Gasteiger partial charge in [0, 0.05) is 44.0 Å². The zero-order chi connectivity index (χ0) is 21.0. The summed E-state index contributed by atoms with van der Waals surface area (Å²) in [6.45, 7) is 6.95. The predicted octanol–water partition coefficient (Wildman–Crippen LogP) is 2.98. The molecule has 8 heteroatoms. The number of benzene rings is 2. The topological polar surface area (TPSA) is 88.0 Å². The second-order valence-corrected chi connectivity index (χ2v) is 7.22. The average molecular weight is 398 g/mol. The van der Waals surface area contributed by atoms with E-state index in [0.29, 0.717) is 0 Å². The number of amides is 1. The molecule has 0 spiro atoms. The third-order valence-electron chi connectivity index (χ3n) is 5.24. The van der Waals surface area contributed by atoms with Gasteiger partial charge in [0.25, 0.3) is 5.69 Å². The second kappa shape index (κ2) is 8.91. The van der Waals surface area contributed by atoms with Crippen molar-refractivity contribution in [3.63, 3.8) is 0 Å². The lowest BCUT2D eigenvalue weighted by Gasteiger charge is -2.35. The van der Waals surface area contributed by atoms with E-state index in [0.717, 1.165) is 48.7 Å². The van der Waals surface area contributed by atoms with E-state index in [1.807, 2.05) is 38.1 Å². The molecule has 1 fully saturated rings. The molecule has 2 aromatic rings. The Labute approximate surface area is 170 Å². The lowest BCUT2D eigenvalue weighted by atomic mass is 10.1. The van der Waals surface area contributed by atoms with Crippen molar-refractivity contribution in [3.8, 4) is 5.75 Å². The van der Waals surface area contributed by atoms with Gasteiger partial charge >= 0.3 is 0 Å². The first-order valence-electron chi connectivity index (χ1n) is 9.54.